The van der Waals surface area contributed by atoms with Gasteiger partial charge >= 0.3 is 0 Å². The summed E-state index contributed by atoms with van der Waals surface area (Å²) in [5.41, 5.74) is 2.17. The summed E-state index contributed by atoms with van der Waals surface area (Å²) in [5.74, 6) is -0.162. The summed E-state index contributed by atoms with van der Waals surface area (Å²) in [6.45, 7) is 4.30. The van der Waals surface area contributed by atoms with Gasteiger partial charge in [0.2, 0.25) is 5.91 Å². The molecule has 2 rings (SSSR count). The number of nitrogens with one attached hydrogen (secondary N) is 1. The van der Waals surface area contributed by atoms with Gasteiger partial charge in [-0.3, -0.25) is 9.10 Å². The second kappa shape index (κ2) is 10.3. The van der Waals surface area contributed by atoms with Crippen LogP contribution in [-0.2, 0) is 19.6 Å². The van der Waals surface area contributed by atoms with Gasteiger partial charge in [0, 0.05) is 20.3 Å². The Morgan fingerprint density at radius 3 is 2.31 bits per heavy atom. The Morgan fingerprint density at radius 1 is 1.03 bits per heavy atom. The summed E-state index contributed by atoms with van der Waals surface area (Å²) in [6, 6.07) is 11.9. The molecule has 0 saturated heterocycles. The lowest BCUT2D eigenvalue weighted by molar-refractivity contribution is -0.119. The van der Waals surface area contributed by atoms with Gasteiger partial charge in [0.05, 0.1) is 12.8 Å². The van der Waals surface area contributed by atoms with Crippen LogP contribution in [0.1, 0.15) is 17.5 Å². The first-order chi connectivity index (χ1) is 13.8. The quantitative estimate of drug-likeness (QED) is 0.598. The number of ether oxygens (including phenoxy) is 2. The third-order valence-corrected chi connectivity index (χ3v) is 6.14. The minimum Gasteiger partial charge on any atom is -0.495 e. The zero-order valence-electron chi connectivity index (χ0n) is 17.3. The number of aryl methyl sites for hydroxylation is 2. The number of amides is 1. The fraction of sp³-hybridized carbons (Fsp3) is 0.381. The van der Waals surface area contributed by atoms with Crippen molar-refractivity contribution in [3.8, 4) is 5.75 Å². The van der Waals surface area contributed by atoms with Crippen LogP contribution in [0.15, 0.2) is 47.4 Å². The van der Waals surface area contributed by atoms with E-state index in [0.29, 0.717) is 25.3 Å². The van der Waals surface area contributed by atoms with Crippen molar-refractivity contribution in [3.05, 3.63) is 53.6 Å². The molecule has 0 heterocycles. The minimum absolute atomic E-state index is 0.0211. The first kappa shape index (κ1) is 22.7. The van der Waals surface area contributed by atoms with Crippen LogP contribution in [0.3, 0.4) is 0 Å². The van der Waals surface area contributed by atoms with Crippen molar-refractivity contribution in [2.24, 2.45) is 0 Å². The maximum Gasteiger partial charge on any atom is 0.268 e. The SMILES string of the molecule is COCCCNC(=O)CN(c1ccc(C)cc1)S(=O)(=O)c1cc(C)ccc1OC. The molecule has 2 aromatic carbocycles. The molecule has 0 aromatic heterocycles. The highest BCUT2D eigenvalue weighted by molar-refractivity contribution is 7.93. The van der Waals surface area contributed by atoms with Crippen LogP contribution in [0.25, 0.3) is 0 Å². The number of carbonyl (C=O) groups excluding carboxylic acids is 1. The molecule has 2 aromatic rings. The largest absolute Gasteiger partial charge is 0.495 e. The molecule has 29 heavy (non-hydrogen) atoms. The van der Waals surface area contributed by atoms with Crippen LogP contribution < -0.4 is 14.4 Å². The summed E-state index contributed by atoms with van der Waals surface area (Å²) >= 11 is 0. The predicted octanol–water partition coefficient (Wildman–Crippen LogP) is 2.66. The van der Waals surface area contributed by atoms with Crippen LogP contribution in [0.5, 0.6) is 5.75 Å². The van der Waals surface area contributed by atoms with Crippen LogP contribution in [0, 0.1) is 13.8 Å². The van der Waals surface area contributed by atoms with E-state index in [0.717, 1.165) is 15.4 Å². The number of anilines is 1. The molecule has 0 aliphatic rings. The number of methoxy groups -OCH3 is 2. The average Bonchev–Trinajstić information content (AvgIpc) is 2.70. The minimum atomic E-state index is -4.04. The fourth-order valence-corrected chi connectivity index (χ4v) is 4.43. The molecule has 8 heteroatoms. The molecule has 0 aliphatic heterocycles. The van der Waals surface area contributed by atoms with Gasteiger partial charge < -0.3 is 14.8 Å². The number of hydrogen-bond acceptors (Lipinski definition) is 5. The molecule has 1 N–H and O–H groups in total. The first-order valence-corrected chi connectivity index (χ1v) is 10.7. The standard InChI is InChI=1S/C21H28N2O5S/c1-16-6-9-18(10-7-16)23(15-21(24)22-12-5-13-27-3)29(25,26)20-14-17(2)8-11-19(20)28-4/h6-11,14H,5,12-13,15H2,1-4H3,(H,22,24). The monoisotopic (exact) mass is 420 g/mol. The number of nitrogens with zero attached hydrogens (tertiary/aromatic N) is 1. The van der Waals surface area contributed by atoms with Gasteiger partial charge in [0.15, 0.2) is 0 Å². The zero-order chi connectivity index (χ0) is 21.4. The number of rotatable bonds is 10. The highest BCUT2D eigenvalue weighted by atomic mass is 32.2. The second-order valence-corrected chi connectivity index (χ2v) is 8.53. The summed E-state index contributed by atoms with van der Waals surface area (Å²) < 4.78 is 38.4. The lowest BCUT2D eigenvalue weighted by atomic mass is 10.2. The molecule has 1 amide bonds. The Balaban J connectivity index is 2.40. The molecule has 0 radical (unpaired) electrons. The van der Waals surface area contributed by atoms with Crippen LogP contribution >= 0.6 is 0 Å². The molecule has 0 bridgehead atoms. The Hall–Kier alpha value is -2.58. The van der Waals surface area contributed by atoms with Crippen LogP contribution in [-0.4, -0.2) is 48.2 Å². The predicted molar refractivity (Wildman–Crippen MR) is 113 cm³/mol. The van der Waals surface area contributed by atoms with Crippen molar-refractivity contribution < 1.29 is 22.7 Å². The number of benzene rings is 2. The Labute approximate surface area is 172 Å². The third-order valence-electron chi connectivity index (χ3n) is 4.34. The van der Waals surface area contributed by atoms with Crippen molar-refractivity contribution >= 4 is 21.6 Å². The lowest BCUT2D eigenvalue weighted by Crippen LogP contribution is -2.41. The van der Waals surface area contributed by atoms with E-state index in [2.05, 4.69) is 5.32 Å². The zero-order valence-corrected chi connectivity index (χ0v) is 18.1. The third kappa shape index (κ3) is 5.95. The Kier molecular flexibility index (Phi) is 8.04. The molecule has 0 atom stereocenters. The van der Waals surface area contributed by atoms with Crippen molar-refractivity contribution in [2.75, 3.05) is 38.2 Å². The normalized spacial score (nSPS) is 11.2. The van der Waals surface area contributed by atoms with Crippen molar-refractivity contribution in [1.82, 2.24) is 5.32 Å². The smallest absolute Gasteiger partial charge is 0.268 e. The topological polar surface area (TPSA) is 84.9 Å². The highest BCUT2D eigenvalue weighted by Crippen LogP contribution is 2.30. The molecular formula is C21H28N2O5S. The average molecular weight is 421 g/mol. The van der Waals surface area contributed by atoms with Gasteiger partial charge in [-0.2, -0.15) is 0 Å². The molecular weight excluding hydrogens is 392 g/mol. The van der Waals surface area contributed by atoms with E-state index in [1.54, 1.807) is 44.4 Å². The van der Waals surface area contributed by atoms with Crippen molar-refractivity contribution in [3.63, 3.8) is 0 Å². The van der Waals surface area contributed by atoms with Gasteiger partial charge in [0.1, 0.15) is 17.2 Å². The first-order valence-electron chi connectivity index (χ1n) is 9.29. The number of carbonyl (C=O) groups is 1. The molecule has 7 nitrogen and oxygen atoms in total. The van der Waals surface area contributed by atoms with E-state index in [9.17, 15) is 13.2 Å². The summed E-state index contributed by atoms with van der Waals surface area (Å²) in [6.07, 6.45) is 0.644. The lowest BCUT2D eigenvalue weighted by Gasteiger charge is -2.25. The van der Waals surface area contributed by atoms with E-state index in [1.165, 1.54) is 7.11 Å². The van der Waals surface area contributed by atoms with Crippen LogP contribution in [0.4, 0.5) is 5.69 Å². The number of sulfonamides is 1. The molecule has 0 saturated carbocycles. The van der Waals surface area contributed by atoms with Crippen molar-refractivity contribution in [1.29, 1.82) is 0 Å². The Morgan fingerprint density at radius 2 is 1.69 bits per heavy atom. The molecule has 0 spiro atoms. The van der Waals surface area contributed by atoms with Gasteiger partial charge in [-0.1, -0.05) is 23.8 Å². The van der Waals surface area contributed by atoms with E-state index in [4.69, 9.17) is 9.47 Å². The highest BCUT2D eigenvalue weighted by Gasteiger charge is 2.30. The Bertz CT molecular complexity index is 927. The van der Waals surface area contributed by atoms with Gasteiger partial charge in [-0.05, 0) is 50.1 Å². The fourth-order valence-electron chi connectivity index (χ4n) is 2.76. The van der Waals surface area contributed by atoms with E-state index >= 15 is 0 Å². The maximum atomic E-state index is 13.5. The van der Waals surface area contributed by atoms with E-state index in [1.807, 2.05) is 19.1 Å². The van der Waals surface area contributed by atoms with Crippen LogP contribution in [0.2, 0.25) is 0 Å². The van der Waals surface area contributed by atoms with Gasteiger partial charge in [-0.25, -0.2) is 8.42 Å². The summed E-state index contributed by atoms with van der Waals surface area (Å²) in [4.78, 5) is 12.5. The van der Waals surface area contributed by atoms with Gasteiger partial charge in [-0.15, -0.1) is 0 Å². The van der Waals surface area contributed by atoms with Crippen molar-refractivity contribution in [2.45, 2.75) is 25.2 Å². The molecule has 0 aliphatic carbocycles. The van der Waals surface area contributed by atoms with Gasteiger partial charge in [0.25, 0.3) is 10.0 Å². The summed E-state index contributed by atoms with van der Waals surface area (Å²) in [5, 5.41) is 2.74. The molecule has 0 unspecified atom stereocenters. The maximum absolute atomic E-state index is 13.5. The summed E-state index contributed by atoms with van der Waals surface area (Å²) in [7, 11) is -1.03. The molecule has 0 fully saturated rings. The number of hydrogen-bond donors (Lipinski definition) is 1. The molecule has 158 valence electrons. The van der Waals surface area contributed by atoms with E-state index < -0.39 is 15.9 Å². The van der Waals surface area contributed by atoms with E-state index in [-0.39, 0.29) is 17.2 Å². The second-order valence-electron chi connectivity index (χ2n) is 6.70.